The maximum atomic E-state index is 5.48. The Morgan fingerprint density at radius 3 is 2.63 bits per heavy atom. The van der Waals surface area contributed by atoms with Crippen molar-refractivity contribution in [2.24, 2.45) is 0 Å². The summed E-state index contributed by atoms with van der Waals surface area (Å²) < 4.78 is 10.7. The van der Waals surface area contributed by atoms with Gasteiger partial charge in [0.15, 0.2) is 10.6 Å². The number of hydrogen-bond donors (Lipinski definition) is 1. The lowest BCUT2D eigenvalue weighted by Crippen LogP contribution is -2.02. The van der Waals surface area contributed by atoms with Crippen LogP contribution in [0.4, 0.5) is 0 Å². The van der Waals surface area contributed by atoms with Crippen molar-refractivity contribution < 1.29 is 4.74 Å². The Labute approximate surface area is 169 Å². The molecule has 8 heteroatoms. The van der Waals surface area contributed by atoms with Crippen LogP contribution in [0.5, 0.6) is 5.75 Å². The minimum atomic E-state index is 0.514. The number of benzene rings is 2. The molecule has 6 nitrogen and oxygen atoms in total. The fraction of sp³-hybridized carbons (Fsp3) is 0.105. The Kier molecular flexibility index (Phi) is 4.91. The van der Waals surface area contributed by atoms with Gasteiger partial charge < -0.3 is 4.74 Å². The molecule has 0 aliphatic heterocycles. The first-order valence-electron chi connectivity index (χ1n) is 8.24. The molecule has 2 heterocycles. The first kappa shape index (κ1) is 17.7. The van der Waals surface area contributed by atoms with Gasteiger partial charge in [0.2, 0.25) is 0 Å². The van der Waals surface area contributed by atoms with Crippen LogP contribution in [-0.2, 0) is 6.54 Å². The molecule has 2 aromatic heterocycles. The van der Waals surface area contributed by atoms with E-state index in [1.54, 1.807) is 13.3 Å². The lowest BCUT2D eigenvalue weighted by atomic mass is 10.1. The van der Waals surface area contributed by atoms with Gasteiger partial charge in [-0.2, -0.15) is 10.2 Å². The second-order valence-electron chi connectivity index (χ2n) is 5.91. The van der Waals surface area contributed by atoms with E-state index in [2.05, 4.69) is 43.4 Å². The van der Waals surface area contributed by atoms with Crippen LogP contribution >= 0.6 is 28.1 Å². The van der Waals surface area contributed by atoms with Gasteiger partial charge in [0.25, 0.3) is 0 Å². The molecule has 0 aliphatic carbocycles. The summed E-state index contributed by atoms with van der Waals surface area (Å²) in [7, 11) is 1.64. The Bertz CT molecular complexity index is 1130. The zero-order chi connectivity index (χ0) is 18.8. The number of nitrogens with zero attached hydrogens (tertiary/aromatic N) is 4. The van der Waals surface area contributed by atoms with Crippen molar-refractivity contribution in [2.45, 2.75) is 6.54 Å². The molecular weight excluding hydrogens is 426 g/mol. The smallest absolute Gasteiger partial charge is 0.200 e. The highest BCUT2D eigenvalue weighted by Crippen LogP contribution is 2.28. The summed E-state index contributed by atoms with van der Waals surface area (Å²) in [6.45, 7) is 0.700. The fourth-order valence-electron chi connectivity index (χ4n) is 2.90. The number of aromatic nitrogens is 5. The maximum absolute atomic E-state index is 5.48. The molecule has 0 unspecified atom stereocenters. The number of H-pyrrole nitrogens is 1. The molecule has 1 N–H and O–H groups in total. The highest BCUT2D eigenvalue weighted by Gasteiger charge is 2.14. The largest absolute Gasteiger partial charge is 0.495 e. The molecule has 0 radical (unpaired) electrons. The van der Waals surface area contributed by atoms with Gasteiger partial charge in [-0.3, -0.25) is 14.3 Å². The zero-order valence-corrected chi connectivity index (χ0v) is 16.9. The number of methoxy groups -OCH3 is 1. The normalized spacial score (nSPS) is 10.9. The number of halogens is 1. The molecule has 0 saturated carbocycles. The second-order valence-corrected chi connectivity index (χ2v) is 7.22. The molecule has 0 bridgehead atoms. The van der Waals surface area contributed by atoms with Crippen molar-refractivity contribution in [3.8, 4) is 22.8 Å². The average Bonchev–Trinajstić information content (AvgIpc) is 3.27. The summed E-state index contributed by atoms with van der Waals surface area (Å²) >= 11 is 8.86. The van der Waals surface area contributed by atoms with E-state index in [0.29, 0.717) is 11.3 Å². The van der Waals surface area contributed by atoms with Gasteiger partial charge in [0.1, 0.15) is 5.75 Å². The van der Waals surface area contributed by atoms with Gasteiger partial charge in [-0.15, -0.1) is 0 Å². The second kappa shape index (κ2) is 7.50. The Balaban J connectivity index is 1.69. The molecule has 2 aromatic carbocycles. The summed E-state index contributed by atoms with van der Waals surface area (Å²) in [6.07, 6.45) is 3.72. The van der Waals surface area contributed by atoms with E-state index in [1.807, 2.05) is 51.8 Å². The molecule has 4 rings (SSSR count). The Hall–Kier alpha value is -2.71. The molecule has 0 amide bonds. The Morgan fingerprint density at radius 1 is 1.15 bits per heavy atom. The minimum Gasteiger partial charge on any atom is -0.495 e. The predicted octanol–water partition coefficient (Wildman–Crippen LogP) is 4.61. The number of ether oxygens (including phenoxy) is 1. The SMILES string of the molecule is COc1ccccc1-n1c(-c2ccc(Cn3cc(Br)cn3)cc2)n[nH]c1=S. The number of nitrogens with one attached hydrogen (secondary N) is 1. The number of hydrogen-bond acceptors (Lipinski definition) is 4. The average molecular weight is 442 g/mol. The predicted molar refractivity (Wildman–Crippen MR) is 110 cm³/mol. The molecule has 0 fully saturated rings. The van der Waals surface area contributed by atoms with Crippen LogP contribution in [0.1, 0.15) is 5.56 Å². The van der Waals surface area contributed by atoms with Crippen LogP contribution in [-0.4, -0.2) is 31.7 Å². The maximum Gasteiger partial charge on any atom is 0.200 e. The van der Waals surface area contributed by atoms with E-state index in [1.165, 1.54) is 0 Å². The molecule has 0 saturated heterocycles. The topological polar surface area (TPSA) is 60.7 Å². The summed E-state index contributed by atoms with van der Waals surface area (Å²) in [4.78, 5) is 0. The van der Waals surface area contributed by atoms with E-state index in [4.69, 9.17) is 17.0 Å². The van der Waals surface area contributed by atoms with Crippen molar-refractivity contribution in [3.63, 3.8) is 0 Å². The van der Waals surface area contributed by atoms with E-state index in [9.17, 15) is 0 Å². The van der Waals surface area contributed by atoms with Crippen LogP contribution in [0, 0.1) is 4.77 Å². The van der Waals surface area contributed by atoms with E-state index >= 15 is 0 Å². The van der Waals surface area contributed by atoms with Crippen molar-refractivity contribution in [1.82, 2.24) is 24.5 Å². The zero-order valence-electron chi connectivity index (χ0n) is 14.5. The van der Waals surface area contributed by atoms with Gasteiger partial charge >= 0.3 is 0 Å². The highest BCUT2D eigenvalue weighted by molar-refractivity contribution is 9.10. The molecule has 136 valence electrons. The van der Waals surface area contributed by atoms with Crippen molar-refractivity contribution in [1.29, 1.82) is 0 Å². The summed E-state index contributed by atoms with van der Waals surface area (Å²) in [5, 5.41) is 11.6. The molecule has 27 heavy (non-hydrogen) atoms. The Morgan fingerprint density at radius 2 is 1.93 bits per heavy atom. The monoisotopic (exact) mass is 441 g/mol. The minimum absolute atomic E-state index is 0.514. The van der Waals surface area contributed by atoms with Crippen molar-refractivity contribution in [2.75, 3.05) is 7.11 Å². The highest BCUT2D eigenvalue weighted by atomic mass is 79.9. The molecule has 0 aliphatic rings. The third-order valence-corrected chi connectivity index (χ3v) is 4.84. The summed E-state index contributed by atoms with van der Waals surface area (Å²) in [6, 6.07) is 15.9. The quantitative estimate of drug-likeness (QED) is 0.459. The van der Waals surface area contributed by atoms with Gasteiger partial charge in [-0.1, -0.05) is 36.4 Å². The van der Waals surface area contributed by atoms with Crippen LogP contribution in [0.3, 0.4) is 0 Å². The van der Waals surface area contributed by atoms with Crippen LogP contribution < -0.4 is 4.74 Å². The van der Waals surface area contributed by atoms with Crippen LogP contribution in [0.15, 0.2) is 65.4 Å². The molecule has 4 aromatic rings. The standard InChI is InChI=1S/C19H16BrN5OS/c1-26-17-5-3-2-4-16(17)25-18(22-23-19(25)27)14-8-6-13(7-9-14)11-24-12-15(20)10-21-24/h2-10,12H,11H2,1H3,(H,23,27). The van der Waals surface area contributed by atoms with Crippen molar-refractivity contribution >= 4 is 28.1 Å². The molecule has 0 atom stereocenters. The molecule has 0 spiro atoms. The number of para-hydroxylation sites is 2. The lowest BCUT2D eigenvalue weighted by Gasteiger charge is -2.11. The fourth-order valence-corrected chi connectivity index (χ4v) is 3.46. The van der Waals surface area contributed by atoms with Gasteiger partial charge in [-0.05, 0) is 45.8 Å². The lowest BCUT2D eigenvalue weighted by molar-refractivity contribution is 0.413. The number of aromatic amines is 1. The van der Waals surface area contributed by atoms with Crippen LogP contribution in [0.25, 0.3) is 17.1 Å². The third kappa shape index (κ3) is 3.58. The van der Waals surface area contributed by atoms with E-state index in [0.717, 1.165) is 32.9 Å². The van der Waals surface area contributed by atoms with E-state index in [-0.39, 0.29) is 0 Å². The van der Waals surface area contributed by atoms with Crippen LogP contribution in [0.2, 0.25) is 0 Å². The molecular formula is C19H16BrN5OS. The third-order valence-electron chi connectivity index (χ3n) is 4.16. The van der Waals surface area contributed by atoms with Gasteiger partial charge in [-0.25, -0.2) is 0 Å². The van der Waals surface area contributed by atoms with Gasteiger partial charge in [0.05, 0.1) is 30.0 Å². The number of rotatable bonds is 5. The first-order valence-corrected chi connectivity index (χ1v) is 9.44. The summed E-state index contributed by atoms with van der Waals surface area (Å²) in [5.74, 6) is 1.47. The van der Waals surface area contributed by atoms with E-state index < -0.39 is 0 Å². The first-order chi connectivity index (χ1) is 13.2. The van der Waals surface area contributed by atoms with Gasteiger partial charge in [0, 0.05) is 11.8 Å². The van der Waals surface area contributed by atoms with Crippen molar-refractivity contribution in [3.05, 3.63) is 75.7 Å². The summed E-state index contributed by atoms with van der Waals surface area (Å²) in [5.41, 5.74) is 2.95.